The summed E-state index contributed by atoms with van der Waals surface area (Å²) in [6.45, 7) is 0.610. The smallest absolute Gasteiger partial charge is 0.490 e. The number of hydrogen-bond donors (Lipinski definition) is 4. The second-order valence-corrected chi connectivity index (χ2v) is 8.84. The molecule has 202 valence electrons. The predicted octanol–water partition coefficient (Wildman–Crippen LogP) is 4.29. The fraction of sp³-hybridized carbons (Fsp3) is 0.179. The summed E-state index contributed by atoms with van der Waals surface area (Å²) < 4.78 is 31.7. The molecule has 5 N–H and O–H groups in total. The van der Waals surface area contributed by atoms with Crippen molar-refractivity contribution >= 4 is 34.7 Å². The molecule has 0 amide bonds. The van der Waals surface area contributed by atoms with Crippen molar-refractivity contribution in [1.82, 2.24) is 4.98 Å². The van der Waals surface area contributed by atoms with Crippen molar-refractivity contribution in [2.24, 2.45) is 15.9 Å². The van der Waals surface area contributed by atoms with E-state index in [-0.39, 0.29) is 11.9 Å². The standard InChI is InChI=1S/C26H25N5O.C2HF3O2/c27-19(12-11-17-7-3-1-4-8-17)15-28-20-13-21-24-22(16-29-31-26(21)32)25(30-23(24)14-20)18-9-5-2-6-10-18;3-2(4,5)1(6)7/h1-10,13-14,16,19,28,30H,11-12,15,27H2,(H,31,32);(H,6,7)/p-1/t19-;/m0./s1. The largest absolute Gasteiger partial charge is 0.857 e. The van der Waals surface area contributed by atoms with E-state index in [0.29, 0.717) is 12.1 Å². The highest BCUT2D eigenvalue weighted by Crippen LogP contribution is 2.34. The van der Waals surface area contributed by atoms with Crippen LogP contribution in [0.15, 0.2) is 83.0 Å². The Morgan fingerprint density at radius 2 is 1.72 bits per heavy atom. The lowest BCUT2D eigenvalue weighted by atomic mass is 10.0. The molecule has 0 aliphatic carbocycles. The highest BCUT2D eigenvalue weighted by molar-refractivity contribution is 6.16. The lowest BCUT2D eigenvalue weighted by Gasteiger charge is -2.16. The van der Waals surface area contributed by atoms with Gasteiger partial charge in [0.1, 0.15) is 0 Å². The summed E-state index contributed by atoms with van der Waals surface area (Å²) in [7, 11) is 0. The van der Waals surface area contributed by atoms with Crippen LogP contribution in [-0.4, -0.2) is 46.9 Å². The molecule has 2 heterocycles. The normalized spacial score (nSPS) is 13.2. The lowest BCUT2D eigenvalue weighted by Crippen LogP contribution is -2.29. The number of anilines is 1. The number of carboxylic acids is 1. The first-order valence-electron chi connectivity index (χ1n) is 12.0. The number of H-pyrrole nitrogens is 1. The fourth-order valence-electron chi connectivity index (χ4n) is 4.13. The number of aromatic amines is 1. The third-order valence-corrected chi connectivity index (χ3v) is 6.02. The average molecular weight is 537 g/mol. The number of carboxylic acid groups (broad SMARTS) is 1. The van der Waals surface area contributed by atoms with Crippen LogP contribution in [0.25, 0.3) is 22.2 Å². The lowest BCUT2D eigenvalue weighted by molar-refractivity contribution is -0.213. The van der Waals surface area contributed by atoms with E-state index in [9.17, 15) is 18.3 Å². The molecular formula is C28H25F3N5O3-. The molecule has 0 spiro atoms. The van der Waals surface area contributed by atoms with Crippen molar-refractivity contribution < 1.29 is 28.2 Å². The Morgan fingerprint density at radius 3 is 2.36 bits per heavy atom. The Labute approximate surface area is 221 Å². The number of halogens is 3. The van der Waals surface area contributed by atoms with E-state index in [1.807, 2.05) is 60.7 Å². The van der Waals surface area contributed by atoms with Crippen molar-refractivity contribution in [2.75, 3.05) is 11.9 Å². The minimum atomic E-state index is -5.08. The predicted molar refractivity (Wildman–Crippen MR) is 143 cm³/mol. The summed E-state index contributed by atoms with van der Waals surface area (Å²) in [5, 5.41) is 31.8. The van der Waals surface area contributed by atoms with Crippen molar-refractivity contribution in [3.8, 4) is 11.3 Å². The van der Waals surface area contributed by atoms with Crippen molar-refractivity contribution in [1.29, 1.82) is 0 Å². The molecule has 11 heteroatoms. The third-order valence-electron chi connectivity index (χ3n) is 6.02. The van der Waals surface area contributed by atoms with Gasteiger partial charge in [-0.15, -0.1) is 0 Å². The van der Waals surface area contributed by atoms with Crippen molar-refractivity contribution in [3.63, 3.8) is 0 Å². The zero-order valence-corrected chi connectivity index (χ0v) is 20.6. The number of aliphatic carboxylic acids is 1. The Kier molecular flexibility index (Phi) is 8.30. The number of aromatic nitrogens is 1. The number of hydrogen-bond acceptors (Lipinski definition) is 6. The van der Waals surface area contributed by atoms with Crippen LogP contribution in [0, 0.1) is 0 Å². The minimum absolute atomic E-state index is 0.00663. The number of rotatable bonds is 7. The topological polar surface area (TPSA) is 139 Å². The molecule has 0 radical (unpaired) electrons. The second-order valence-electron chi connectivity index (χ2n) is 8.84. The molecule has 39 heavy (non-hydrogen) atoms. The van der Waals surface area contributed by atoms with Crippen LogP contribution in [0.2, 0.25) is 0 Å². The van der Waals surface area contributed by atoms with Crippen molar-refractivity contribution in [3.05, 3.63) is 89.5 Å². The maximum Gasteiger partial charge on any atom is 0.490 e. The first-order chi connectivity index (χ1) is 18.6. The second kappa shape index (κ2) is 11.8. The first-order valence-corrected chi connectivity index (χ1v) is 12.0. The molecule has 0 bridgehead atoms. The van der Waals surface area contributed by atoms with Gasteiger partial charge in [-0.1, -0.05) is 60.7 Å². The number of alkyl halides is 3. The van der Waals surface area contributed by atoms with Gasteiger partial charge in [0.15, 0.2) is 0 Å². The molecular weight excluding hydrogens is 511 g/mol. The van der Waals surface area contributed by atoms with Gasteiger partial charge in [0.05, 0.1) is 11.9 Å². The Bertz CT molecular complexity index is 1500. The SMILES string of the molecule is N[C@@H](CCc1ccccc1)CNc1cc2c3c(c(-c4ccccc4)[nH]c3c1)C=NN=C2[O-].O=C(O)C(F)(F)F. The summed E-state index contributed by atoms with van der Waals surface area (Å²) in [6, 6.07) is 24.2. The van der Waals surface area contributed by atoms with Gasteiger partial charge in [-0.25, -0.2) is 4.79 Å². The molecule has 0 unspecified atom stereocenters. The van der Waals surface area contributed by atoms with E-state index >= 15 is 0 Å². The molecule has 1 aliphatic heterocycles. The molecule has 1 atom stereocenters. The summed E-state index contributed by atoms with van der Waals surface area (Å²) >= 11 is 0. The molecule has 4 aromatic rings. The molecule has 5 rings (SSSR count). The molecule has 1 aromatic heterocycles. The Morgan fingerprint density at radius 1 is 1.08 bits per heavy atom. The zero-order chi connectivity index (χ0) is 28.0. The van der Waals surface area contributed by atoms with Gasteiger partial charge in [-0.05, 0) is 41.7 Å². The van der Waals surface area contributed by atoms with E-state index in [1.54, 1.807) is 6.21 Å². The highest BCUT2D eigenvalue weighted by atomic mass is 19.4. The van der Waals surface area contributed by atoms with Gasteiger partial charge in [-0.2, -0.15) is 23.4 Å². The molecule has 1 aliphatic rings. The van der Waals surface area contributed by atoms with E-state index in [0.717, 1.165) is 46.3 Å². The quantitative estimate of drug-likeness (QED) is 0.279. The molecule has 3 aromatic carbocycles. The van der Waals surface area contributed by atoms with Gasteiger partial charge in [-0.3, -0.25) is 0 Å². The summed E-state index contributed by atoms with van der Waals surface area (Å²) in [5.41, 5.74) is 12.7. The number of nitrogens with zero attached hydrogens (tertiary/aromatic N) is 2. The molecule has 0 saturated carbocycles. The maximum absolute atomic E-state index is 12.6. The van der Waals surface area contributed by atoms with Crippen LogP contribution in [0.3, 0.4) is 0 Å². The van der Waals surface area contributed by atoms with Crippen LogP contribution in [0.1, 0.15) is 23.1 Å². The monoisotopic (exact) mass is 536 g/mol. The van der Waals surface area contributed by atoms with Crippen LogP contribution < -0.4 is 16.2 Å². The fourth-order valence-corrected chi connectivity index (χ4v) is 4.13. The number of nitrogens with two attached hydrogens (primary N) is 1. The summed E-state index contributed by atoms with van der Waals surface area (Å²) in [4.78, 5) is 12.4. The zero-order valence-electron chi connectivity index (χ0n) is 20.6. The van der Waals surface area contributed by atoms with Crippen LogP contribution in [0.4, 0.5) is 18.9 Å². The Hall–Kier alpha value is -4.64. The van der Waals surface area contributed by atoms with E-state index in [1.165, 1.54) is 5.56 Å². The number of aryl methyl sites for hydroxylation is 1. The molecule has 8 nitrogen and oxygen atoms in total. The summed E-state index contributed by atoms with van der Waals surface area (Å²) in [6.07, 6.45) is -1.62. The average Bonchev–Trinajstić information content (AvgIpc) is 3.20. The third kappa shape index (κ3) is 6.82. The van der Waals surface area contributed by atoms with Gasteiger partial charge in [0, 0.05) is 40.6 Å². The van der Waals surface area contributed by atoms with E-state index in [2.05, 4.69) is 32.6 Å². The van der Waals surface area contributed by atoms with Crippen LogP contribution in [0.5, 0.6) is 0 Å². The minimum Gasteiger partial charge on any atom is -0.857 e. The Balaban J connectivity index is 0.000000448. The van der Waals surface area contributed by atoms with Gasteiger partial charge in [0.2, 0.25) is 0 Å². The highest BCUT2D eigenvalue weighted by Gasteiger charge is 2.38. The first kappa shape index (κ1) is 27.4. The van der Waals surface area contributed by atoms with Crippen LogP contribution >= 0.6 is 0 Å². The van der Waals surface area contributed by atoms with Gasteiger partial charge in [0.25, 0.3) is 0 Å². The van der Waals surface area contributed by atoms with Crippen molar-refractivity contribution in [2.45, 2.75) is 25.1 Å². The van der Waals surface area contributed by atoms with E-state index in [4.69, 9.17) is 15.6 Å². The number of benzene rings is 3. The molecule has 0 saturated heterocycles. The maximum atomic E-state index is 12.6. The van der Waals surface area contributed by atoms with Crippen LogP contribution in [-0.2, 0) is 11.2 Å². The number of nitrogens with one attached hydrogen (secondary N) is 2. The number of carbonyl (C=O) groups is 1. The van der Waals surface area contributed by atoms with Gasteiger partial charge < -0.3 is 26.2 Å². The molecule has 0 fully saturated rings. The summed E-state index contributed by atoms with van der Waals surface area (Å²) in [5.74, 6) is -3.10. The van der Waals surface area contributed by atoms with E-state index < -0.39 is 12.1 Å². The van der Waals surface area contributed by atoms with Gasteiger partial charge >= 0.3 is 12.1 Å².